The fourth-order valence-corrected chi connectivity index (χ4v) is 1.74. The Morgan fingerprint density at radius 3 is 2.93 bits per heavy atom. The molecule has 82 valence electrons. The molecule has 1 atom stereocenters. The predicted molar refractivity (Wildman–Crippen MR) is 58.5 cm³/mol. The van der Waals surface area contributed by atoms with Crippen molar-refractivity contribution in [2.75, 3.05) is 24.3 Å². The molecule has 1 unspecified atom stereocenters. The highest BCUT2D eigenvalue weighted by atomic mass is 16.5. The smallest absolute Gasteiger partial charge is 0.145 e. The van der Waals surface area contributed by atoms with Crippen LogP contribution in [0.2, 0.25) is 0 Å². The minimum absolute atomic E-state index is 0.0386. The van der Waals surface area contributed by atoms with Gasteiger partial charge in [0.05, 0.1) is 24.5 Å². The van der Waals surface area contributed by atoms with Gasteiger partial charge in [0.2, 0.25) is 0 Å². The van der Waals surface area contributed by atoms with Gasteiger partial charge >= 0.3 is 0 Å². The van der Waals surface area contributed by atoms with Crippen LogP contribution in [0.25, 0.3) is 0 Å². The van der Waals surface area contributed by atoms with Gasteiger partial charge in [0.15, 0.2) is 0 Å². The summed E-state index contributed by atoms with van der Waals surface area (Å²) in [7, 11) is 0. The van der Waals surface area contributed by atoms with Crippen LogP contribution in [0.1, 0.15) is 19.8 Å². The summed E-state index contributed by atoms with van der Waals surface area (Å²) in [5.74, 6) is 1.18. The number of anilines is 2. The first-order valence-electron chi connectivity index (χ1n) is 5.11. The Labute approximate surface area is 89.1 Å². The summed E-state index contributed by atoms with van der Waals surface area (Å²) >= 11 is 0. The summed E-state index contributed by atoms with van der Waals surface area (Å²) in [5, 5.41) is 3.33. The molecule has 0 aromatic carbocycles. The van der Waals surface area contributed by atoms with Crippen molar-refractivity contribution in [1.82, 2.24) is 9.97 Å². The Morgan fingerprint density at radius 1 is 1.47 bits per heavy atom. The quantitative estimate of drug-likeness (QED) is 0.759. The molecule has 0 radical (unpaired) electrons. The molecule has 15 heavy (non-hydrogen) atoms. The summed E-state index contributed by atoms with van der Waals surface area (Å²) in [6, 6.07) is 0. The number of rotatable bonds is 2. The molecule has 5 nitrogen and oxygen atoms in total. The standard InChI is InChI=1S/C10H16N4O/c1-10(3-2-4-15-7-10)14-9-6-12-8(11)5-13-9/h5-6H,2-4,7H2,1H3,(H2,11,12)(H,13,14). The van der Waals surface area contributed by atoms with E-state index < -0.39 is 0 Å². The number of nitrogens with two attached hydrogens (primary N) is 1. The van der Waals surface area contributed by atoms with Gasteiger partial charge in [-0.25, -0.2) is 9.97 Å². The summed E-state index contributed by atoms with van der Waals surface area (Å²) in [6.45, 7) is 3.69. The molecule has 0 aliphatic carbocycles. The maximum absolute atomic E-state index is 5.47. The second-order valence-electron chi connectivity index (χ2n) is 4.17. The van der Waals surface area contributed by atoms with Crippen LogP contribution in [0.15, 0.2) is 12.4 Å². The zero-order valence-electron chi connectivity index (χ0n) is 8.86. The molecule has 1 fully saturated rings. The Balaban J connectivity index is 2.03. The lowest BCUT2D eigenvalue weighted by molar-refractivity contribution is 0.0539. The van der Waals surface area contributed by atoms with Gasteiger partial charge in [-0.3, -0.25) is 0 Å². The van der Waals surface area contributed by atoms with E-state index in [2.05, 4.69) is 22.2 Å². The van der Waals surface area contributed by atoms with E-state index in [0.29, 0.717) is 12.4 Å². The molecule has 0 spiro atoms. The van der Waals surface area contributed by atoms with Crippen LogP contribution in [-0.4, -0.2) is 28.7 Å². The third-order valence-corrected chi connectivity index (χ3v) is 2.54. The second kappa shape index (κ2) is 4.02. The third-order valence-electron chi connectivity index (χ3n) is 2.54. The lowest BCUT2D eigenvalue weighted by Crippen LogP contribution is -2.43. The van der Waals surface area contributed by atoms with Crippen molar-refractivity contribution in [3.8, 4) is 0 Å². The molecule has 1 saturated heterocycles. The van der Waals surface area contributed by atoms with Crippen molar-refractivity contribution in [3.63, 3.8) is 0 Å². The van der Waals surface area contributed by atoms with Crippen molar-refractivity contribution < 1.29 is 4.74 Å². The normalized spacial score (nSPS) is 26.2. The highest BCUT2D eigenvalue weighted by Crippen LogP contribution is 2.22. The molecule has 5 heteroatoms. The van der Waals surface area contributed by atoms with Gasteiger partial charge in [-0.15, -0.1) is 0 Å². The maximum atomic E-state index is 5.47. The van der Waals surface area contributed by atoms with Crippen molar-refractivity contribution >= 4 is 11.6 Å². The molecule has 1 aromatic heterocycles. The van der Waals surface area contributed by atoms with Crippen molar-refractivity contribution in [3.05, 3.63) is 12.4 Å². The summed E-state index contributed by atoms with van der Waals surface area (Å²) in [4.78, 5) is 8.15. The van der Waals surface area contributed by atoms with Crippen LogP contribution >= 0.6 is 0 Å². The highest BCUT2D eigenvalue weighted by Gasteiger charge is 2.27. The van der Waals surface area contributed by atoms with Gasteiger partial charge in [0.1, 0.15) is 11.6 Å². The Hall–Kier alpha value is -1.36. The highest BCUT2D eigenvalue weighted by molar-refractivity contribution is 5.38. The minimum atomic E-state index is -0.0386. The van der Waals surface area contributed by atoms with E-state index >= 15 is 0 Å². The van der Waals surface area contributed by atoms with Crippen molar-refractivity contribution in [2.45, 2.75) is 25.3 Å². The second-order valence-corrected chi connectivity index (χ2v) is 4.17. The molecule has 0 saturated carbocycles. The van der Waals surface area contributed by atoms with Gasteiger partial charge in [-0.1, -0.05) is 0 Å². The third kappa shape index (κ3) is 2.56. The fourth-order valence-electron chi connectivity index (χ4n) is 1.74. The number of nitrogens with one attached hydrogen (secondary N) is 1. The topological polar surface area (TPSA) is 73.1 Å². The molecule has 0 amide bonds. The maximum Gasteiger partial charge on any atom is 0.145 e. The lowest BCUT2D eigenvalue weighted by atomic mass is 9.95. The molecule has 1 aromatic rings. The fraction of sp³-hybridized carbons (Fsp3) is 0.600. The molecule has 1 aliphatic rings. The number of hydrogen-bond donors (Lipinski definition) is 2. The minimum Gasteiger partial charge on any atom is -0.382 e. The van der Waals surface area contributed by atoms with E-state index in [1.807, 2.05) is 0 Å². The summed E-state index contributed by atoms with van der Waals surface area (Å²) in [5.41, 5.74) is 5.43. The van der Waals surface area contributed by atoms with E-state index in [0.717, 1.165) is 25.3 Å². The first kappa shape index (κ1) is 10.2. The van der Waals surface area contributed by atoms with Crippen molar-refractivity contribution in [2.24, 2.45) is 0 Å². The number of nitrogen functional groups attached to an aromatic ring is 1. The van der Waals surface area contributed by atoms with E-state index in [9.17, 15) is 0 Å². The first-order valence-corrected chi connectivity index (χ1v) is 5.11. The first-order chi connectivity index (χ1) is 7.18. The van der Waals surface area contributed by atoms with E-state index in [1.54, 1.807) is 12.4 Å². The Bertz CT molecular complexity index is 319. The van der Waals surface area contributed by atoms with Gasteiger partial charge in [0, 0.05) is 6.61 Å². The zero-order chi connectivity index (χ0) is 10.7. The number of nitrogens with zero attached hydrogens (tertiary/aromatic N) is 2. The molecule has 2 heterocycles. The van der Waals surface area contributed by atoms with Gasteiger partial charge < -0.3 is 15.8 Å². The van der Waals surface area contributed by atoms with E-state index in [1.165, 1.54) is 0 Å². The van der Waals surface area contributed by atoms with Gasteiger partial charge in [0.25, 0.3) is 0 Å². The van der Waals surface area contributed by atoms with Gasteiger partial charge in [-0.05, 0) is 19.8 Å². The molecule has 0 bridgehead atoms. The number of aromatic nitrogens is 2. The molecular formula is C10H16N4O. The largest absolute Gasteiger partial charge is 0.382 e. The van der Waals surface area contributed by atoms with Crippen molar-refractivity contribution in [1.29, 1.82) is 0 Å². The average Bonchev–Trinajstić information content (AvgIpc) is 2.22. The van der Waals surface area contributed by atoms with Crippen LogP contribution < -0.4 is 11.1 Å². The molecular weight excluding hydrogens is 192 g/mol. The summed E-state index contributed by atoms with van der Waals surface area (Å²) in [6.07, 6.45) is 5.36. The molecule has 2 rings (SSSR count). The summed E-state index contributed by atoms with van der Waals surface area (Å²) < 4.78 is 5.45. The molecule has 3 N–H and O–H groups in total. The molecule has 1 aliphatic heterocycles. The Kier molecular flexibility index (Phi) is 2.73. The van der Waals surface area contributed by atoms with Crippen LogP contribution in [0.3, 0.4) is 0 Å². The van der Waals surface area contributed by atoms with Crippen LogP contribution in [0.4, 0.5) is 11.6 Å². The number of ether oxygens (including phenoxy) is 1. The monoisotopic (exact) mass is 208 g/mol. The predicted octanol–water partition coefficient (Wildman–Crippen LogP) is 1.04. The average molecular weight is 208 g/mol. The van der Waals surface area contributed by atoms with Gasteiger partial charge in [-0.2, -0.15) is 0 Å². The SMILES string of the molecule is CC1(Nc2cnc(N)cn2)CCCOC1. The van der Waals surface area contributed by atoms with E-state index in [4.69, 9.17) is 10.5 Å². The Morgan fingerprint density at radius 2 is 2.33 bits per heavy atom. The number of hydrogen-bond acceptors (Lipinski definition) is 5. The van der Waals surface area contributed by atoms with Crippen LogP contribution in [0, 0.1) is 0 Å². The lowest BCUT2D eigenvalue weighted by Gasteiger charge is -2.34. The van der Waals surface area contributed by atoms with Crippen LogP contribution in [0.5, 0.6) is 0 Å². The zero-order valence-corrected chi connectivity index (χ0v) is 8.86. The van der Waals surface area contributed by atoms with E-state index in [-0.39, 0.29) is 5.54 Å². The van der Waals surface area contributed by atoms with Crippen LogP contribution in [-0.2, 0) is 4.74 Å².